The van der Waals surface area contributed by atoms with Crippen molar-refractivity contribution < 1.29 is 88.3 Å². The van der Waals surface area contributed by atoms with Crippen molar-refractivity contribution in [2.24, 2.45) is 59.2 Å². The van der Waals surface area contributed by atoms with E-state index < -0.39 is 115 Å². The number of hydrogen-bond donors (Lipinski definition) is 8. The number of ether oxygens (including phenoxy) is 8. The molecular weight excluding hydrogens is 1180 g/mol. The second kappa shape index (κ2) is 39.7. The number of rotatable bonds is 13. The van der Waals surface area contributed by atoms with Gasteiger partial charge in [-0.15, -0.1) is 0 Å². The van der Waals surface area contributed by atoms with Gasteiger partial charge >= 0.3 is 11.9 Å². The summed E-state index contributed by atoms with van der Waals surface area (Å²) in [6, 6.07) is 0. The molecule has 5 rings (SSSR count). The number of aliphatic hydroxyl groups excluding tert-OH is 8. The van der Waals surface area contributed by atoms with Gasteiger partial charge in [-0.3, -0.25) is 0 Å². The number of carbonyl (C=O) groups is 2. The number of allylic oxidation sites excluding steroid dienone is 3. The molecule has 0 saturated carbocycles. The zero-order valence-electron chi connectivity index (χ0n) is 59.0. The van der Waals surface area contributed by atoms with E-state index in [1.165, 1.54) is 0 Å². The lowest BCUT2D eigenvalue weighted by atomic mass is 9.77. The zero-order chi connectivity index (χ0) is 68.1. The Morgan fingerprint density at radius 2 is 1.09 bits per heavy atom. The van der Waals surface area contributed by atoms with Crippen molar-refractivity contribution in [3.05, 3.63) is 47.6 Å². The number of cyclic esters (lactones) is 2. The Morgan fingerprint density at radius 1 is 0.543 bits per heavy atom. The van der Waals surface area contributed by atoms with Crippen molar-refractivity contribution in [1.29, 1.82) is 0 Å². The van der Waals surface area contributed by atoms with Crippen LogP contribution >= 0.6 is 0 Å². The van der Waals surface area contributed by atoms with E-state index in [1.807, 2.05) is 66.7 Å². The van der Waals surface area contributed by atoms with Gasteiger partial charge in [-0.1, -0.05) is 91.8 Å². The molecule has 0 amide bonds. The normalized spacial score (nSPS) is 42.4. The highest BCUT2D eigenvalue weighted by molar-refractivity contribution is 5.88. The average molecular weight is 1310 g/mol. The van der Waals surface area contributed by atoms with Gasteiger partial charge in [0.25, 0.3) is 0 Å². The van der Waals surface area contributed by atoms with E-state index >= 15 is 0 Å². The predicted molar refractivity (Wildman–Crippen MR) is 356 cm³/mol. The van der Waals surface area contributed by atoms with E-state index in [4.69, 9.17) is 37.9 Å². The third kappa shape index (κ3) is 25.0. The molecule has 2 fully saturated rings. The molecule has 532 valence electrons. The van der Waals surface area contributed by atoms with Crippen LogP contribution in [0.3, 0.4) is 0 Å². The first kappa shape index (κ1) is 80.0. The molecule has 8 N–H and O–H groups in total. The van der Waals surface area contributed by atoms with Crippen molar-refractivity contribution in [2.45, 2.75) is 327 Å². The van der Waals surface area contributed by atoms with Gasteiger partial charge < -0.3 is 78.7 Å². The number of carbonyl (C=O) groups excluding carboxylic acids is 2. The standard InChI is InChI=1S/C74H128O18/c1-42(27-30-59-37-61(85-13)32-46(5)88-59)69(81)52(11)72-51(10)67(80)41-65(78)49(8)68(87-15)35-55-23-18-22-54(34-55)21-17-16-20-44(3)73(83)91-71(43(2)28-31-60-38-62(86-14)33-47(6)89-60)53(12)70(82)50(9)66(79)40-64(77)48(7)63(76)39-58-25-19-24-57(90-58)36-56(75)29-26-45(4)74(84)92-72/h18-20,22,24,26,42-43,46-72,75-82H,16-17,21,23,25,27-41H2,1-15H3/b44-20+,45-26+/t42-,43-,46-,47-,48+,49-,50-,51-,52-,53+,54-,55+,56-,57+,58-,59-,60-,61+,62+,63-,64-,65-,66+,67+,68-,69-,70-,71-,72-/m0/s1. The van der Waals surface area contributed by atoms with Crippen molar-refractivity contribution in [3.8, 4) is 0 Å². The van der Waals surface area contributed by atoms with Crippen LogP contribution in [0.5, 0.6) is 0 Å². The molecule has 0 aromatic carbocycles. The molecule has 0 radical (unpaired) electrons. The van der Waals surface area contributed by atoms with Crippen LogP contribution in [0.15, 0.2) is 47.6 Å². The third-order valence-electron chi connectivity index (χ3n) is 22.1. The highest BCUT2D eigenvalue weighted by Gasteiger charge is 2.42. The van der Waals surface area contributed by atoms with E-state index in [0.29, 0.717) is 56.4 Å². The molecule has 18 heteroatoms. The smallest absolute Gasteiger partial charge is 0.333 e. The summed E-state index contributed by atoms with van der Waals surface area (Å²) in [6.45, 7) is 22.3. The summed E-state index contributed by atoms with van der Waals surface area (Å²) in [4.78, 5) is 28.2. The summed E-state index contributed by atoms with van der Waals surface area (Å²) in [5.74, 6) is -4.68. The van der Waals surface area contributed by atoms with E-state index in [2.05, 4.69) is 12.2 Å². The first-order chi connectivity index (χ1) is 43.5. The van der Waals surface area contributed by atoms with Crippen molar-refractivity contribution >= 4 is 11.9 Å². The SMILES string of the molecule is CO[C@H]1C[C@H](CC[C@H](C)[C@H](O)[C@H](C)[C@H]2OC(=O)/C(C)=C/C[C@H](O)C[C@H]3C=CC[C@@H](C[C@H](O)[C@@H](C)[C@@H](O)C[C@@H](O)[C@H](C)[C@H](O)[C@@H](C)[C@H]([C@@H](C)CC[C@H]4C[C@H](OC)C[C@H](C)O4)OC(=O)/C(C)=C/CCC[C@H]4C=CC[C@H](C4)C[C@H](OC)[C@@H](C)[C@@H](O)C[C@@H](O)[C@@H]2C)O3)O[C@@H](C)C1. The molecule has 2 saturated heterocycles. The lowest BCUT2D eigenvalue weighted by Gasteiger charge is -2.38. The largest absolute Gasteiger partial charge is 0.458 e. The number of methoxy groups -OCH3 is 3. The molecule has 0 aromatic rings. The molecular formula is C74H128O18. The molecule has 18 nitrogen and oxygen atoms in total. The Hall–Kier alpha value is -2.66. The lowest BCUT2D eigenvalue weighted by molar-refractivity contribution is -0.159. The second-order valence-electron chi connectivity index (χ2n) is 29.7. The van der Waals surface area contributed by atoms with Crippen LogP contribution in [0.4, 0.5) is 0 Å². The van der Waals surface area contributed by atoms with Crippen molar-refractivity contribution in [2.75, 3.05) is 21.3 Å². The zero-order valence-corrected chi connectivity index (χ0v) is 59.0. The van der Waals surface area contributed by atoms with Crippen LogP contribution in [-0.4, -0.2) is 190 Å². The lowest BCUT2D eigenvalue weighted by Crippen LogP contribution is -2.45. The van der Waals surface area contributed by atoms with E-state index in [0.717, 1.165) is 51.4 Å². The minimum Gasteiger partial charge on any atom is -0.458 e. The fraction of sp³-hybridized carbons (Fsp3) is 0.865. The Balaban J connectivity index is 1.36. The maximum atomic E-state index is 14.2. The number of esters is 2. The minimum atomic E-state index is -1.17. The Kier molecular flexibility index (Phi) is 34.5. The van der Waals surface area contributed by atoms with Gasteiger partial charge in [0, 0.05) is 80.8 Å². The Bertz CT molecular complexity index is 2260. The van der Waals surface area contributed by atoms with Crippen LogP contribution in [0.2, 0.25) is 0 Å². The maximum Gasteiger partial charge on any atom is 0.333 e. The van der Waals surface area contributed by atoms with Crippen molar-refractivity contribution in [1.82, 2.24) is 0 Å². The van der Waals surface area contributed by atoms with Crippen LogP contribution < -0.4 is 0 Å². The average Bonchev–Trinajstić information content (AvgIpc) is 1.14. The quantitative estimate of drug-likeness (QED) is 0.0629. The highest BCUT2D eigenvalue weighted by atomic mass is 16.6. The Morgan fingerprint density at radius 3 is 1.70 bits per heavy atom. The summed E-state index contributed by atoms with van der Waals surface area (Å²) in [5, 5.41) is 94.1. The molecule has 5 aliphatic rings. The molecule has 4 aliphatic heterocycles. The van der Waals surface area contributed by atoms with Crippen LogP contribution in [0, 0.1) is 59.2 Å². The van der Waals surface area contributed by atoms with Gasteiger partial charge in [-0.2, -0.15) is 0 Å². The fourth-order valence-electron chi connectivity index (χ4n) is 15.3. The van der Waals surface area contributed by atoms with Gasteiger partial charge in [0.05, 0.1) is 104 Å². The number of aliphatic hydroxyl groups is 8. The first-order valence-corrected chi connectivity index (χ1v) is 35.6. The van der Waals surface area contributed by atoms with E-state index in [-0.39, 0.29) is 104 Å². The van der Waals surface area contributed by atoms with Gasteiger partial charge in [-0.25, -0.2) is 9.59 Å². The summed E-state index contributed by atoms with van der Waals surface area (Å²) in [6.07, 6.45) is 12.3. The third-order valence-corrected chi connectivity index (χ3v) is 22.1. The van der Waals surface area contributed by atoms with Gasteiger partial charge in [0.15, 0.2) is 0 Å². The summed E-state index contributed by atoms with van der Waals surface area (Å²) in [5.41, 5.74) is 0.717. The molecule has 0 unspecified atom stereocenters. The molecule has 0 aromatic heterocycles. The topological polar surface area (TPSA) is 270 Å². The van der Waals surface area contributed by atoms with Crippen LogP contribution in [-0.2, 0) is 47.5 Å². The summed E-state index contributed by atoms with van der Waals surface area (Å²) < 4.78 is 49.2. The highest BCUT2D eigenvalue weighted by Crippen LogP contribution is 2.38. The summed E-state index contributed by atoms with van der Waals surface area (Å²) in [7, 11) is 5.10. The molecule has 92 heavy (non-hydrogen) atoms. The van der Waals surface area contributed by atoms with Gasteiger partial charge in [-0.05, 0) is 167 Å². The fourth-order valence-corrected chi connectivity index (χ4v) is 15.3. The maximum absolute atomic E-state index is 14.2. The van der Waals surface area contributed by atoms with E-state index in [1.54, 1.807) is 62.0 Å². The monoisotopic (exact) mass is 1300 g/mol. The van der Waals surface area contributed by atoms with E-state index in [9.17, 15) is 50.4 Å². The van der Waals surface area contributed by atoms with Gasteiger partial charge in [0.2, 0.25) is 0 Å². The minimum absolute atomic E-state index is 0.0193. The molecule has 1 aliphatic carbocycles. The summed E-state index contributed by atoms with van der Waals surface area (Å²) >= 11 is 0. The second-order valence-corrected chi connectivity index (χ2v) is 29.7. The Labute approximate surface area is 553 Å². The number of hydrogen-bond acceptors (Lipinski definition) is 18. The van der Waals surface area contributed by atoms with Crippen LogP contribution in [0.25, 0.3) is 0 Å². The number of fused-ring (bicyclic) bond motifs is 4. The first-order valence-electron chi connectivity index (χ1n) is 35.6. The van der Waals surface area contributed by atoms with Gasteiger partial charge in [0.1, 0.15) is 12.2 Å². The molecule has 4 bridgehead atoms. The predicted octanol–water partition coefficient (Wildman–Crippen LogP) is 10.2. The molecule has 4 heterocycles. The van der Waals surface area contributed by atoms with Crippen molar-refractivity contribution in [3.63, 3.8) is 0 Å². The van der Waals surface area contributed by atoms with Crippen LogP contribution in [0.1, 0.15) is 212 Å². The molecule has 29 atom stereocenters. The molecule has 0 spiro atoms.